The zero-order chi connectivity index (χ0) is 14.9. The standard InChI is InChI=1S/C15H23F3N2/c1-10-8-12(11(2)20(10)3)9-19-14-7-5-4-6-13(14)15(16,17)18/h8,13-14,19H,4-7,9H2,1-3H3. The topological polar surface area (TPSA) is 17.0 Å². The third-order valence-electron chi connectivity index (χ3n) is 4.62. The number of aryl methyl sites for hydroxylation is 1. The zero-order valence-corrected chi connectivity index (χ0v) is 12.3. The van der Waals surface area contributed by atoms with Gasteiger partial charge in [-0.15, -0.1) is 0 Å². The number of halogens is 3. The van der Waals surface area contributed by atoms with Crippen LogP contribution in [-0.4, -0.2) is 16.8 Å². The molecular formula is C15H23F3N2. The smallest absolute Gasteiger partial charge is 0.352 e. The Balaban J connectivity index is 2.03. The summed E-state index contributed by atoms with van der Waals surface area (Å²) in [5.41, 5.74) is 3.35. The second-order valence-electron chi connectivity index (χ2n) is 5.88. The molecule has 2 nitrogen and oxygen atoms in total. The Hall–Kier alpha value is -0.970. The Bertz CT molecular complexity index is 462. The predicted molar refractivity (Wildman–Crippen MR) is 73.5 cm³/mol. The highest BCUT2D eigenvalue weighted by molar-refractivity contribution is 5.26. The van der Waals surface area contributed by atoms with Gasteiger partial charge in [-0.25, -0.2) is 0 Å². The molecule has 1 N–H and O–H groups in total. The normalized spacial score (nSPS) is 24.1. The van der Waals surface area contributed by atoms with Crippen LogP contribution in [0, 0.1) is 19.8 Å². The summed E-state index contributed by atoms with van der Waals surface area (Å²) in [4.78, 5) is 0. The van der Waals surface area contributed by atoms with Crippen molar-refractivity contribution in [2.24, 2.45) is 13.0 Å². The number of aromatic nitrogens is 1. The first-order valence-electron chi connectivity index (χ1n) is 7.22. The molecule has 114 valence electrons. The summed E-state index contributed by atoms with van der Waals surface area (Å²) in [7, 11) is 1.98. The molecule has 1 fully saturated rings. The lowest BCUT2D eigenvalue weighted by Gasteiger charge is -2.33. The number of hydrogen-bond donors (Lipinski definition) is 1. The molecule has 20 heavy (non-hydrogen) atoms. The van der Waals surface area contributed by atoms with Crippen LogP contribution in [0.15, 0.2) is 6.07 Å². The first-order valence-corrected chi connectivity index (χ1v) is 7.22. The molecule has 1 aliphatic carbocycles. The van der Waals surface area contributed by atoms with Crippen molar-refractivity contribution in [3.05, 3.63) is 23.0 Å². The zero-order valence-electron chi connectivity index (χ0n) is 12.3. The monoisotopic (exact) mass is 288 g/mol. The molecule has 5 heteroatoms. The van der Waals surface area contributed by atoms with Crippen LogP contribution in [0.1, 0.15) is 42.6 Å². The van der Waals surface area contributed by atoms with Crippen molar-refractivity contribution in [2.45, 2.75) is 58.3 Å². The third-order valence-corrected chi connectivity index (χ3v) is 4.62. The van der Waals surface area contributed by atoms with Gasteiger partial charge in [-0.05, 0) is 38.3 Å². The van der Waals surface area contributed by atoms with Gasteiger partial charge < -0.3 is 9.88 Å². The van der Waals surface area contributed by atoms with Crippen LogP contribution in [0.2, 0.25) is 0 Å². The molecule has 2 atom stereocenters. The van der Waals surface area contributed by atoms with E-state index < -0.39 is 18.1 Å². The van der Waals surface area contributed by atoms with Gasteiger partial charge in [-0.3, -0.25) is 0 Å². The van der Waals surface area contributed by atoms with E-state index in [4.69, 9.17) is 0 Å². The fraction of sp³-hybridized carbons (Fsp3) is 0.733. The fourth-order valence-electron chi connectivity index (χ4n) is 3.12. The SMILES string of the molecule is Cc1cc(CNC2CCCCC2C(F)(F)F)c(C)n1C. The predicted octanol–water partition coefficient (Wildman–Crippen LogP) is 3.85. The maximum Gasteiger partial charge on any atom is 0.393 e. The number of hydrogen-bond acceptors (Lipinski definition) is 1. The molecule has 0 aliphatic heterocycles. The summed E-state index contributed by atoms with van der Waals surface area (Å²) in [6, 6.07) is 1.61. The fourth-order valence-corrected chi connectivity index (χ4v) is 3.12. The molecule has 1 aliphatic rings. The minimum Gasteiger partial charge on any atom is -0.352 e. The van der Waals surface area contributed by atoms with E-state index in [1.165, 1.54) is 0 Å². The summed E-state index contributed by atoms with van der Waals surface area (Å²) in [5, 5.41) is 3.14. The summed E-state index contributed by atoms with van der Waals surface area (Å²) >= 11 is 0. The van der Waals surface area contributed by atoms with E-state index in [1.54, 1.807) is 0 Å². The lowest BCUT2D eigenvalue weighted by atomic mass is 9.84. The van der Waals surface area contributed by atoms with Crippen LogP contribution in [0.3, 0.4) is 0 Å². The quantitative estimate of drug-likeness (QED) is 0.894. The molecule has 0 radical (unpaired) electrons. The van der Waals surface area contributed by atoms with Gasteiger partial charge in [-0.1, -0.05) is 12.8 Å². The highest BCUT2D eigenvalue weighted by atomic mass is 19.4. The van der Waals surface area contributed by atoms with Crippen LogP contribution in [0.25, 0.3) is 0 Å². The van der Waals surface area contributed by atoms with E-state index in [-0.39, 0.29) is 6.42 Å². The van der Waals surface area contributed by atoms with E-state index in [9.17, 15) is 13.2 Å². The minimum atomic E-state index is -4.08. The van der Waals surface area contributed by atoms with Crippen molar-refractivity contribution in [1.29, 1.82) is 0 Å². The molecule has 0 spiro atoms. The van der Waals surface area contributed by atoms with Crippen LogP contribution < -0.4 is 5.32 Å². The van der Waals surface area contributed by atoms with Crippen LogP contribution in [0.4, 0.5) is 13.2 Å². The van der Waals surface area contributed by atoms with Gasteiger partial charge in [0.25, 0.3) is 0 Å². The van der Waals surface area contributed by atoms with Crippen LogP contribution in [0.5, 0.6) is 0 Å². The highest BCUT2D eigenvalue weighted by Gasteiger charge is 2.45. The number of alkyl halides is 3. The molecule has 1 heterocycles. The molecule has 2 rings (SSSR count). The average molecular weight is 288 g/mol. The second-order valence-corrected chi connectivity index (χ2v) is 5.88. The van der Waals surface area contributed by atoms with Gasteiger partial charge in [0, 0.05) is 31.0 Å². The van der Waals surface area contributed by atoms with E-state index in [0.717, 1.165) is 23.4 Å². The minimum absolute atomic E-state index is 0.258. The first kappa shape index (κ1) is 15.4. The van der Waals surface area contributed by atoms with E-state index in [0.29, 0.717) is 19.4 Å². The Kier molecular flexibility index (Phi) is 4.47. The molecule has 2 unspecified atom stereocenters. The van der Waals surface area contributed by atoms with Crippen LogP contribution in [-0.2, 0) is 13.6 Å². The largest absolute Gasteiger partial charge is 0.393 e. The number of nitrogens with zero attached hydrogens (tertiary/aromatic N) is 1. The van der Waals surface area contributed by atoms with Gasteiger partial charge in [0.1, 0.15) is 0 Å². The van der Waals surface area contributed by atoms with Crippen molar-refractivity contribution in [1.82, 2.24) is 9.88 Å². The summed E-state index contributed by atoms with van der Waals surface area (Å²) in [6.45, 7) is 4.53. The Morgan fingerprint density at radius 2 is 1.90 bits per heavy atom. The molecular weight excluding hydrogens is 265 g/mol. The number of rotatable bonds is 3. The third kappa shape index (κ3) is 3.19. The van der Waals surface area contributed by atoms with E-state index >= 15 is 0 Å². The van der Waals surface area contributed by atoms with Gasteiger partial charge in [0.15, 0.2) is 0 Å². The van der Waals surface area contributed by atoms with Crippen molar-refractivity contribution >= 4 is 0 Å². The van der Waals surface area contributed by atoms with Crippen molar-refractivity contribution < 1.29 is 13.2 Å². The first-order chi connectivity index (χ1) is 9.30. The lowest BCUT2D eigenvalue weighted by molar-refractivity contribution is -0.189. The highest BCUT2D eigenvalue weighted by Crippen LogP contribution is 2.37. The van der Waals surface area contributed by atoms with Crippen molar-refractivity contribution in [3.63, 3.8) is 0 Å². The second kappa shape index (κ2) is 5.80. The van der Waals surface area contributed by atoms with E-state index in [2.05, 4.69) is 9.88 Å². The Morgan fingerprint density at radius 3 is 2.45 bits per heavy atom. The summed E-state index contributed by atoms with van der Waals surface area (Å²) in [6.07, 6.45) is -1.63. The maximum atomic E-state index is 13.0. The van der Waals surface area contributed by atoms with Gasteiger partial charge in [-0.2, -0.15) is 13.2 Å². The Labute approximate surface area is 118 Å². The molecule has 0 saturated heterocycles. The van der Waals surface area contributed by atoms with Crippen molar-refractivity contribution in [2.75, 3.05) is 0 Å². The van der Waals surface area contributed by atoms with Crippen molar-refractivity contribution in [3.8, 4) is 0 Å². The summed E-state index contributed by atoms with van der Waals surface area (Å²) in [5.74, 6) is -1.19. The van der Waals surface area contributed by atoms with Crippen LogP contribution >= 0.6 is 0 Å². The van der Waals surface area contributed by atoms with Gasteiger partial charge in [0.2, 0.25) is 0 Å². The molecule has 1 aromatic rings. The molecule has 0 aromatic carbocycles. The number of nitrogens with one attached hydrogen (secondary N) is 1. The lowest BCUT2D eigenvalue weighted by Crippen LogP contribution is -2.45. The average Bonchev–Trinajstić information content (AvgIpc) is 2.63. The Morgan fingerprint density at radius 1 is 1.25 bits per heavy atom. The maximum absolute atomic E-state index is 13.0. The van der Waals surface area contributed by atoms with Gasteiger partial charge >= 0.3 is 6.18 Å². The summed E-state index contributed by atoms with van der Waals surface area (Å²) < 4.78 is 41.1. The van der Waals surface area contributed by atoms with E-state index in [1.807, 2.05) is 27.0 Å². The molecule has 0 amide bonds. The molecule has 1 saturated carbocycles. The van der Waals surface area contributed by atoms with Gasteiger partial charge in [0.05, 0.1) is 5.92 Å². The molecule has 1 aromatic heterocycles. The molecule has 0 bridgehead atoms.